The molecule has 2 unspecified atom stereocenters. The Kier molecular flexibility index (Phi) is 3.97. The van der Waals surface area contributed by atoms with Crippen LogP contribution in [0.1, 0.15) is 27.7 Å². The highest BCUT2D eigenvalue weighted by atomic mass is 32.1. The molecule has 2 bridgehead atoms. The van der Waals surface area contributed by atoms with Crippen LogP contribution < -0.4 is 5.56 Å². The number of carbonyl (C=O) groups excluding carboxylic acids is 1. The number of rotatable bonds is 2. The number of benzene rings is 1. The number of thiophene rings is 1. The maximum absolute atomic E-state index is 12.9. The average Bonchev–Trinajstić information content (AvgIpc) is 3.23. The lowest BCUT2D eigenvalue weighted by molar-refractivity contribution is 0.0600. The second kappa shape index (κ2) is 6.50. The number of carbonyl (C=O) groups is 1. The summed E-state index contributed by atoms with van der Waals surface area (Å²) in [5.41, 5.74) is 3.40. The van der Waals surface area contributed by atoms with Crippen molar-refractivity contribution in [2.45, 2.75) is 18.9 Å². The molecular weight excluding hydrogens is 356 g/mol. The lowest BCUT2D eigenvalue weighted by Crippen LogP contribution is -2.49. The third-order valence-corrected chi connectivity index (χ3v) is 6.55. The van der Waals surface area contributed by atoms with Gasteiger partial charge in [0.1, 0.15) is 0 Å². The highest BCUT2D eigenvalue weighted by Crippen LogP contribution is 2.40. The Bertz CT molecular complexity index is 1040. The molecule has 2 aliphatic heterocycles. The van der Waals surface area contributed by atoms with Gasteiger partial charge in [0.25, 0.3) is 11.5 Å². The molecule has 1 fully saturated rings. The zero-order valence-electron chi connectivity index (χ0n) is 14.9. The van der Waals surface area contributed by atoms with E-state index in [4.69, 9.17) is 0 Å². The number of aromatic nitrogens is 1. The van der Waals surface area contributed by atoms with E-state index in [-0.39, 0.29) is 17.4 Å². The molecule has 2 atom stereocenters. The molecule has 0 radical (unpaired) electrons. The SMILES string of the molecule is O=C(c1cccs1)N1CC2CC(C1)c1c(-c3ccccc3)ccc(=O)n1C2. The standard InChI is InChI=1S/C22H20N2O2S/c25-20-9-8-18(16-5-2-1-3-6-16)21-17-11-15(13-24(20)21)12-23(14-17)22(26)19-7-4-10-27-19/h1-10,15,17H,11-14H2. The van der Waals surface area contributed by atoms with Crippen LogP contribution in [-0.4, -0.2) is 28.5 Å². The second-order valence-electron chi connectivity index (χ2n) is 7.43. The summed E-state index contributed by atoms with van der Waals surface area (Å²) in [5, 5.41) is 1.94. The van der Waals surface area contributed by atoms with Gasteiger partial charge in [-0.25, -0.2) is 0 Å². The Balaban J connectivity index is 1.57. The molecule has 3 aromatic rings. The van der Waals surface area contributed by atoms with E-state index in [1.54, 1.807) is 6.07 Å². The van der Waals surface area contributed by atoms with E-state index in [1.807, 2.05) is 51.2 Å². The Morgan fingerprint density at radius 2 is 1.81 bits per heavy atom. The normalized spacial score (nSPS) is 21.0. The zero-order chi connectivity index (χ0) is 18.4. The number of pyridine rings is 1. The zero-order valence-corrected chi connectivity index (χ0v) is 15.7. The van der Waals surface area contributed by atoms with Crippen molar-refractivity contribution in [1.82, 2.24) is 9.47 Å². The number of likely N-dealkylation sites (tertiary alicyclic amines) is 1. The molecule has 1 saturated heterocycles. The highest BCUT2D eigenvalue weighted by Gasteiger charge is 2.38. The van der Waals surface area contributed by atoms with Crippen LogP contribution >= 0.6 is 11.3 Å². The Morgan fingerprint density at radius 3 is 2.59 bits per heavy atom. The lowest BCUT2D eigenvalue weighted by Gasteiger charge is -2.43. The highest BCUT2D eigenvalue weighted by molar-refractivity contribution is 7.12. The number of amides is 1. The average molecular weight is 376 g/mol. The molecule has 5 rings (SSSR count). The van der Waals surface area contributed by atoms with Crippen molar-refractivity contribution in [3.63, 3.8) is 0 Å². The number of nitrogens with zero attached hydrogens (tertiary/aromatic N) is 2. The first-order valence-corrected chi connectivity index (χ1v) is 10.2. The first-order valence-electron chi connectivity index (χ1n) is 9.32. The molecule has 0 saturated carbocycles. The van der Waals surface area contributed by atoms with Crippen molar-refractivity contribution in [2.24, 2.45) is 5.92 Å². The van der Waals surface area contributed by atoms with Crippen LogP contribution in [0.25, 0.3) is 11.1 Å². The van der Waals surface area contributed by atoms with E-state index in [0.29, 0.717) is 19.0 Å². The Hall–Kier alpha value is -2.66. The molecule has 1 amide bonds. The van der Waals surface area contributed by atoms with Crippen molar-refractivity contribution in [1.29, 1.82) is 0 Å². The molecule has 1 aromatic carbocycles. The van der Waals surface area contributed by atoms with Crippen molar-refractivity contribution >= 4 is 17.2 Å². The minimum atomic E-state index is 0.0671. The fourth-order valence-electron chi connectivity index (χ4n) is 4.60. The molecule has 4 heterocycles. The first-order chi connectivity index (χ1) is 13.2. The van der Waals surface area contributed by atoms with Gasteiger partial charge >= 0.3 is 0 Å². The summed E-state index contributed by atoms with van der Waals surface area (Å²) in [6.45, 7) is 2.10. The van der Waals surface area contributed by atoms with Gasteiger partial charge < -0.3 is 9.47 Å². The first kappa shape index (κ1) is 16.5. The largest absolute Gasteiger partial charge is 0.337 e. The van der Waals surface area contributed by atoms with Gasteiger partial charge in [-0.3, -0.25) is 9.59 Å². The van der Waals surface area contributed by atoms with Gasteiger partial charge in [-0.05, 0) is 35.4 Å². The molecule has 136 valence electrons. The summed E-state index contributed by atoms with van der Waals surface area (Å²) in [6, 6.07) is 17.7. The smallest absolute Gasteiger partial charge is 0.263 e. The predicted octanol–water partition coefficient (Wildman–Crippen LogP) is 3.84. The van der Waals surface area contributed by atoms with Gasteiger partial charge in [-0.15, -0.1) is 11.3 Å². The summed E-state index contributed by atoms with van der Waals surface area (Å²) in [5.74, 6) is 0.655. The topological polar surface area (TPSA) is 42.3 Å². The van der Waals surface area contributed by atoms with Crippen LogP contribution in [0.3, 0.4) is 0 Å². The second-order valence-corrected chi connectivity index (χ2v) is 8.38. The van der Waals surface area contributed by atoms with Crippen LogP contribution in [0.15, 0.2) is 64.8 Å². The minimum Gasteiger partial charge on any atom is -0.337 e. The van der Waals surface area contributed by atoms with E-state index >= 15 is 0 Å². The molecule has 2 aliphatic rings. The fourth-order valence-corrected chi connectivity index (χ4v) is 5.29. The molecule has 0 aliphatic carbocycles. The van der Waals surface area contributed by atoms with Crippen LogP contribution in [0.5, 0.6) is 0 Å². The van der Waals surface area contributed by atoms with E-state index in [9.17, 15) is 9.59 Å². The predicted molar refractivity (Wildman–Crippen MR) is 107 cm³/mol. The van der Waals surface area contributed by atoms with Gasteiger partial charge in [0, 0.05) is 42.9 Å². The summed E-state index contributed by atoms with van der Waals surface area (Å²) in [6.07, 6.45) is 1.04. The number of fused-ring (bicyclic) bond motifs is 4. The van der Waals surface area contributed by atoms with Gasteiger partial charge in [-0.2, -0.15) is 0 Å². The minimum absolute atomic E-state index is 0.0671. The van der Waals surface area contributed by atoms with Gasteiger partial charge in [0.15, 0.2) is 0 Å². The van der Waals surface area contributed by atoms with E-state index in [0.717, 1.165) is 34.7 Å². The van der Waals surface area contributed by atoms with Crippen LogP contribution in [0.4, 0.5) is 0 Å². The number of hydrogen-bond acceptors (Lipinski definition) is 3. The van der Waals surface area contributed by atoms with Gasteiger partial charge in [0.05, 0.1) is 4.88 Å². The monoisotopic (exact) mass is 376 g/mol. The molecule has 0 spiro atoms. The van der Waals surface area contributed by atoms with Gasteiger partial charge in [0.2, 0.25) is 0 Å². The molecule has 2 aromatic heterocycles. The summed E-state index contributed by atoms with van der Waals surface area (Å²) >= 11 is 1.49. The van der Waals surface area contributed by atoms with Crippen molar-refractivity contribution in [3.05, 3.63) is 80.9 Å². The maximum Gasteiger partial charge on any atom is 0.263 e. The fraction of sp³-hybridized carbons (Fsp3) is 0.273. The molecule has 5 heteroatoms. The summed E-state index contributed by atoms with van der Waals surface area (Å²) in [7, 11) is 0. The van der Waals surface area contributed by atoms with E-state index in [1.165, 1.54) is 11.3 Å². The van der Waals surface area contributed by atoms with E-state index in [2.05, 4.69) is 12.1 Å². The molecular formula is C22H20N2O2S. The van der Waals surface area contributed by atoms with Crippen molar-refractivity contribution in [2.75, 3.05) is 13.1 Å². The quantitative estimate of drug-likeness (QED) is 0.682. The Labute approximate surface area is 161 Å². The van der Waals surface area contributed by atoms with Crippen LogP contribution in [0.2, 0.25) is 0 Å². The van der Waals surface area contributed by atoms with Crippen LogP contribution in [-0.2, 0) is 6.54 Å². The summed E-state index contributed by atoms with van der Waals surface area (Å²) < 4.78 is 1.95. The molecule has 4 nitrogen and oxygen atoms in total. The van der Waals surface area contributed by atoms with Gasteiger partial charge in [-0.1, -0.05) is 36.4 Å². The number of hydrogen-bond donors (Lipinski definition) is 0. The lowest BCUT2D eigenvalue weighted by atomic mass is 9.80. The van der Waals surface area contributed by atoms with Crippen molar-refractivity contribution < 1.29 is 4.79 Å². The number of piperidine rings is 1. The third-order valence-electron chi connectivity index (χ3n) is 5.69. The molecule has 27 heavy (non-hydrogen) atoms. The maximum atomic E-state index is 12.9. The van der Waals surface area contributed by atoms with Crippen LogP contribution in [0, 0.1) is 5.92 Å². The Morgan fingerprint density at radius 1 is 0.963 bits per heavy atom. The molecule has 0 N–H and O–H groups in total. The van der Waals surface area contributed by atoms with E-state index < -0.39 is 0 Å². The third kappa shape index (κ3) is 2.82. The summed E-state index contributed by atoms with van der Waals surface area (Å²) in [4.78, 5) is 28.2. The van der Waals surface area contributed by atoms with Crippen molar-refractivity contribution in [3.8, 4) is 11.1 Å².